The van der Waals surface area contributed by atoms with Crippen molar-refractivity contribution in [2.75, 3.05) is 31.1 Å². The summed E-state index contributed by atoms with van der Waals surface area (Å²) in [5, 5.41) is 0.385. The summed E-state index contributed by atoms with van der Waals surface area (Å²) in [7, 11) is 0. The Labute approximate surface area is 127 Å². The summed E-state index contributed by atoms with van der Waals surface area (Å²) in [4.78, 5) is 28.6. The number of carbonyl (C=O) groups excluding carboxylic acids is 1. The lowest BCUT2D eigenvalue weighted by molar-refractivity contribution is 0.0746. The van der Waals surface area contributed by atoms with Gasteiger partial charge in [-0.2, -0.15) is 0 Å². The van der Waals surface area contributed by atoms with Crippen molar-refractivity contribution < 1.29 is 4.79 Å². The average molecular weight is 304 g/mol. The van der Waals surface area contributed by atoms with Crippen LogP contribution in [0.25, 0.3) is 0 Å². The number of piperazine rings is 1. The monoisotopic (exact) mass is 303 g/mol. The highest BCUT2D eigenvalue weighted by Gasteiger charge is 2.24. The third-order valence-corrected chi connectivity index (χ3v) is 3.71. The van der Waals surface area contributed by atoms with E-state index in [0.29, 0.717) is 42.7 Å². The van der Waals surface area contributed by atoms with Crippen molar-refractivity contribution in [1.82, 2.24) is 19.9 Å². The zero-order valence-electron chi connectivity index (χ0n) is 11.3. The maximum absolute atomic E-state index is 12.4. The summed E-state index contributed by atoms with van der Waals surface area (Å²) in [6, 6.07) is 3.44. The quantitative estimate of drug-likeness (QED) is 0.841. The van der Waals surface area contributed by atoms with E-state index in [4.69, 9.17) is 11.6 Å². The summed E-state index contributed by atoms with van der Waals surface area (Å²) in [6.45, 7) is 2.66. The largest absolute Gasteiger partial charge is 0.337 e. The Morgan fingerprint density at radius 1 is 1.10 bits per heavy atom. The zero-order valence-corrected chi connectivity index (χ0v) is 12.1. The molecule has 1 amide bonds. The van der Waals surface area contributed by atoms with E-state index in [-0.39, 0.29) is 5.91 Å². The first-order valence-electron chi connectivity index (χ1n) is 6.66. The van der Waals surface area contributed by atoms with Gasteiger partial charge in [0.25, 0.3) is 5.91 Å². The minimum absolute atomic E-state index is 0.0592. The molecule has 0 spiro atoms. The molecule has 6 nitrogen and oxygen atoms in total. The fraction of sp³-hybridized carbons (Fsp3) is 0.286. The molecule has 3 rings (SSSR count). The van der Waals surface area contributed by atoms with Crippen LogP contribution >= 0.6 is 11.6 Å². The first kappa shape index (κ1) is 13.8. The third-order valence-electron chi connectivity index (χ3n) is 3.40. The van der Waals surface area contributed by atoms with Gasteiger partial charge in [-0.05, 0) is 12.1 Å². The number of hydrogen-bond acceptors (Lipinski definition) is 5. The van der Waals surface area contributed by atoms with E-state index >= 15 is 0 Å². The number of amides is 1. The van der Waals surface area contributed by atoms with Crippen LogP contribution in [0.2, 0.25) is 5.02 Å². The van der Waals surface area contributed by atoms with Gasteiger partial charge in [-0.15, -0.1) is 0 Å². The maximum atomic E-state index is 12.4. The van der Waals surface area contributed by atoms with Gasteiger partial charge < -0.3 is 9.80 Å². The molecule has 0 atom stereocenters. The van der Waals surface area contributed by atoms with Crippen LogP contribution in [0.3, 0.4) is 0 Å². The molecule has 0 bridgehead atoms. The Morgan fingerprint density at radius 3 is 2.48 bits per heavy atom. The van der Waals surface area contributed by atoms with Crippen molar-refractivity contribution in [3.05, 3.63) is 47.5 Å². The lowest BCUT2D eigenvalue weighted by Crippen LogP contribution is -2.49. The highest BCUT2D eigenvalue weighted by Crippen LogP contribution is 2.17. The van der Waals surface area contributed by atoms with Crippen LogP contribution < -0.4 is 4.90 Å². The summed E-state index contributed by atoms with van der Waals surface area (Å²) >= 11 is 6.02. The Bertz CT molecular complexity index is 628. The fourth-order valence-corrected chi connectivity index (χ4v) is 2.48. The lowest BCUT2D eigenvalue weighted by atomic mass is 10.2. The molecule has 3 heterocycles. The van der Waals surface area contributed by atoms with E-state index in [0.717, 1.165) is 0 Å². The van der Waals surface area contributed by atoms with Crippen LogP contribution in [0.4, 0.5) is 5.95 Å². The van der Waals surface area contributed by atoms with Crippen LogP contribution in [0.5, 0.6) is 0 Å². The highest BCUT2D eigenvalue weighted by atomic mass is 35.5. The molecule has 0 saturated carbocycles. The van der Waals surface area contributed by atoms with Crippen molar-refractivity contribution in [3.63, 3.8) is 0 Å². The molecule has 0 aliphatic carbocycles. The number of pyridine rings is 1. The molecular formula is C14H14ClN5O. The zero-order chi connectivity index (χ0) is 14.7. The minimum atomic E-state index is -0.0592. The van der Waals surface area contributed by atoms with Crippen molar-refractivity contribution in [2.45, 2.75) is 0 Å². The van der Waals surface area contributed by atoms with E-state index in [1.165, 1.54) is 6.20 Å². The lowest BCUT2D eigenvalue weighted by Gasteiger charge is -2.34. The molecule has 108 valence electrons. The summed E-state index contributed by atoms with van der Waals surface area (Å²) < 4.78 is 0. The molecule has 1 aliphatic heterocycles. The molecule has 2 aromatic rings. The number of halogens is 1. The highest BCUT2D eigenvalue weighted by molar-refractivity contribution is 6.33. The van der Waals surface area contributed by atoms with Gasteiger partial charge in [0.05, 0.1) is 10.6 Å². The number of rotatable bonds is 2. The number of nitrogens with zero attached hydrogens (tertiary/aromatic N) is 5. The van der Waals surface area contributed by atoms with E-state index in [1.54, 1.807) is 35.6 Å². The average Bonchev–Trinajstić information content (AvgIpc) is 2.56. The van der Waals surface area contributed by atoms with Gasteiger partial charge in [-0.1, -0.05) is 11.6 Å². The molecule has 0 radical (unpaired) electrons. The standard InChI is InChI=1S/C14H14ClN5O/c15-12-10-16-5-2-11(12)13(21)19-6-8-20(9-7-19)14-17-3-1-4-18-14/h1-5,10H,6-9H2. The van der Waals surface area contributed by atoms with Crippen molar-refractivity contribution in [3.8, 4) is 0 Å². The van der Waals surface area contributed by atoms with Crippen LogP contribution in [0.1, 0.15) is 10.4 Å². The van der Waals surface area contributed by atoms with Crippen molar-refractivity contribution in [1.29, 1.82) is 0 Å². The molecule has 2 aromatic heterocycles. The van der Waals surface area contributed by atoms with Gasteiger partial charge in [0.15, 0.2) is 0 Å². The van der Waals surface area contributed by atoms with Crippen molar-refractivity contribution >= 4 is 23.5 Å². The second kappa shape index (κ2) is 6.05. The predicted molar refractivity (Wildman–Crippen MR) is 79.4 cm³/mol. The fourth-order valence-electron chi connectivity index (χ4n) is 2.28. The number of carbonyl (C=O) groups is 1. The van der Waals surface area contributed by atoms with Crippen molar-refractivity contribution in [2.24, 2.45) is 0 Å². The first-order valence-corrected chi connectivity index (χ1v) is 7.04. The van der Waals surface area contributed by atoms with Gasteiger partial charge in [-0.25, -0.2) is 9.97 Å². The van der Waals surface area contributed by atoms with Gasteiger partial charge in [0.1, 0.15) is 0 Å². The van der Waals surface area contributed by atoms with Crippen LogP contribution in [0, 0.1) is 0 Å². The Balaban J connectivity index is 1.66. The normalized spacial score (nSPS) is 15.1. The van der Waals surface area contributed by atoms with Gasteiger partial charge >= 0.3 is 0 Å². The van der Waals surface area contributed by atoms with Gasteiger partial charge in [-0.3, -0.25) is 9.78 Å². The Morgan fingerprint density at radius 2 is 1.81 bits per heavy atom. The van der Waals surface area contributed by atoms with Crippen LogP contribution in [0.15, 0.2) is 36.9 Å². The molecular weight excluding hydrogens is 290 g/mol. The number of hydrogen-bond donors (Lipinski definition) is 0. The predicted octanol–water partition coefficient (Wildman–Crippen LogP) is 1.49. The Hall–Kier alpha value is -2.21. The summed E-state index contributed by atoms with van der Waals surface area (Å²) in [5.41, 5.74) is 0.496. The summed E-state index contributed by atoms with van der Waals surface area (Å²) in [5.74, 6) is 0.641. The van der Waals surface area contributed by atoms with E-state index in [9.17, 15) is 4.79 Å². The maximum Gasteiger partial charge on any atom is 0.255 e. The molecule has 0 unspecified atom stereocenters. The molecule has 21 heavy (non-hydrogen) atoms. The van der Waals surface area contributed by atoms with E-state index < -0.39 is 0 Å². The topological polar surface area (TPSA) is 62.2 Å². The van der Waals surface area contributed by atoms with Crippen LogP contribution in [-0.2, 0) is 0 Å². The van der Waals surface area contributed by atoms with Gasteiger partial charge in [0.2, 0.25) is 5.95 Å². The SMILES string of the molecule is O=C(c1ccncc1Cl)N1CCN(c2ncccn2)CC1. The third kappa shape index (κ3) is 2.95. The molecule has 1 fully saturated rings. The Kier molecular flexibility index (Phi) is 3.96. The van der Waals surface area contributed by atoms with E-state index in [1.807, 2.05) is 0 Å². The van der Waals surface area contributed by atoms with Crippen LogP contribution in [-0.4, -0.2) is 51.9 Å². The minimum Gasteiger partial charge on any atom is -0.337 e. The van der Waals surface area contributed by atoms with Gasteiger partial charge in [0, 0.05) is 51.0 Å². The van der Waals surface area contributed by atoms with E-state index in [2.05, 4.69) is 19.9 Å². The number of aromatic nitrogens is 3. The molecule has 0 aromatic carbocycles. The second-order valence-corrected chi connectivity index (χ2v) is 5.09. The number of anilines is 1. The second-order valence-electron chi connectivity index (χ2n) is 4.68. The summed E-state index contributed by atoms with van der Waals surface area (Å²) in [6.07, 6.45) is 6.50. The molecule has 0 N–H and O–H groups in total. The smallest absolute Gasteiger partial charge is 0.255 e. The molecule has 1 aliphatic rings. The first-order chi connectivity index (χ1) is 10.3. The molecule has 7 heteroatoms. The molecule has 1 saturated heterocycles.